The van der Waals surface area contributed by atoms with Crippen molar-refractivity contribution in [1.29, 1.82) is 0 Å². The summed E-state index contributed by atoms with van der Waals surface area (Å²) in [6.45, 7) is 5.02. The number of hydrogen-bond donors (Lipinski definition) is 1. The second kappa shape index (κ2) is 6.61. The number of carbonyl (C=O) groups excluding carboxylic acids is 1. The molecular formula is C20H17F3N4O2. The standard InChI is InChI=1S/C20H17F3N4O2/c1-10(2)27-16-7-4-12(8-15(16)26-19(27)20(21,22)23)18(28)25-13-5-6-14-17(9-13)29-11(3)24-14/h4-10H,1-3H3,(H,25,28). The number of alkyl halides is 3. The molecule has 0 spiro atoms. The summed E-state index contributed by atoms with van der Waals surface area (Å²) in [5, 5.41) is 2.72. The summed E-state index contributed by atoms with van der Waals surface area (Å²) in [6, 6.07) is 8.91. The van der Waals surface area contributed by atoms with Crippen molar-refractivity contribution in [2.75, 3.05) is 5.32 Å². The lowest BCUT2D eigenvalue weighted by Crippen LogP contribution is -2.16. The number of imidazole rings is 1. The fourth-order valence-electron chi connectivity index (χ4n) is 3.28. The SMILES string of the molecule is Cc1nc2ccc(NC(=O)c3ccc4c(c3)nc(C(F)(F)F)n4C(C)C)cc2o1. The quantitative estimate of drug-likeness (QED) is 0.502. The Kier molecular flexibility index (Phi) is 4.33. The maximum absolute atomic E-state index is 13.3. The highest BCUT2D eigenvalue weighted by Crippen LogP contribution is 2.34. The molecule has 0 saturated heterocycles. The number of rotatable bonds is 3. The molecule has 0 aliphatic heterocycles. The van der Waals surface area contributed by atoms with E-state index in [-0.39, 0.29) is 11.1 Å². The Hall–Kier alpha value is -3.36. The fraction of sp³-hybridized carbons (Fsp3) is 0.250. The molecule has 0 saturated carbocycles. The van der Waals surface area contributed by atoms with E-state index < -0.39 is 23.9 Å². The van der Waals surface area contributed by atoms with Crippen molar-refractivity contribution in [2.45, 2.75) is 33.0 Å². The smallest absolute Gasteiger partial charge is 0.441 e. The number of nitrogens with one attached hydrogen (secondary N) is 1. The summed E-state index contributed by atoms with van der Waals surface area (Å²) >= 11 is 0. The fourth-order valence-corrected chi connectivity index (χ4v) is 3.28. The van der Waals surface area contributed by atoms with Crippen molar-refractivity contribution in [3.05, 3.63) is 53.7 Å². The molecule has 0 fully saturated rings. The van der Waals surface area contributed by atoms with E-state index in [0.29, 0.717) is 28.2 Å². The van der Waals surface area contributed by atoms with Crippen LogP contribution in [0.5, 0.6) is 0 Å². The summed E-state index contributed by atoms with van der Waals surface area (Å²) in [7, 11) is 0. The van der Waals surface area contributed by atoms with Crippen LogP contribution in [0.4, 0.5) is 18.9 Å². The summed E-state index contributed by atoms with van der Waals surface area (Å²) in [6.07, 6.45) is -4.59. The third-order valence-corrected chi connectivity index (χ3v) is 4.47. The molecule has 150 valence electrons. The van der Waals surface area contributed by atoms with E-state index in [0.717, 1.165) is 4.57 Å². The van der Waals surface area contributed by atoms with Gasteiger partial charge in [-0.05, 0) is 44.2 Å². The predicted molar refractivity (Wildman–Crippen MR) is 102 cm³/mol. The van der Waals surface area contributed by atoms with Crippen molar-refractivity contribution >= 4 is 33.7 Å². The van der Waals surface area contributed by atoms with Crippen LogP contribution >= 0.6 is 0 Å². The molecule has 1 amide bonds. The van der Waals surface area contributed by atoms with Crippen molar-refractivity contribution in [3.8, 4) is 0 Å². The number of carbonyl (C=O) groups is 1. The summed E-state index contributed by atoms with van der Waals surface area (Å²) in [5.74, 6) is -0.934. The minimum atomic E-state index is -4.59. The van der Waals surface area contributed by atoms with Gasteiger partial charge in [0.25, 0.3) is 5.91 Å². The number of amides is 1. The van der Waals surface area contributed by atoms with Gasteiger partial charge in [-0.25, -0.2) is 9.97 Å². The van der Waals surface area contributed by atoms with E-state index in [2.05, 4.69) is 15.3 Å². The molecule has 2 heterocycles. The number of anilines is 1. The van der Waals surface area contributed by atoms with E-state index in [9.17, 15) is 18.0 Å². The Morgan fingerprint density at radius 2 is 1.86 bits per heavy atom. The average molecular weight is 402 g/mol. The van der Waals surface area contributed by atoms with Crippen LogP contribution in [-0.4, -0.2) is 20.4 Å². The topological polar surface area (TPSA) is 73.0 Å². The first-order valence-electron chi connectivity index (χ1n) is 8.91. The maximum atomic E-state index is 13.3. The Morgan fingerprint density at radius 3 is 2.55 bits per heavy atom. The molecular weight excluding hydrogens is 385 g/mol. The van der Waals surface area contributed by atoms with Gasteiger partial charge in [0.15, 0.2) is 11.5 Å². The minimum Gasteiger partial charge on any atom is -0.441 e. The predicted octanol–water partition coefficient (Wildman–Crippen LogP) is 5.34. The molecule has 0 bridgehead atoms. The van der Waals surface area contributed by atoms with Gasteiger partial charge in [-0.3, -0.25) is 4.79 Å². The number of oxazole rings is 1. The number of aryl methyl sites for hydroxylation is 1. The normalized spacial score (nSPS) is 12.2. The van der Waals surface area contributed by atoms with Gasteiger partial charge < -0.3 is 14.3 Å². The Bertz CT molecular complexity index is 1240. The van der Waals surface area contributed by atoms with Gasteiger partial charge >= 0.3 is 6.18 Å². The lowest BCUT2D eigenvalue weighted by atomic mass is 10.1. The van der Waals surface area contributed by atoms with Crippen LogP contribution in [0.1, 0.15) is 42.0 Å². The first kappa shape index (κ1) is 19.0. The molecule has 0 aliphatic carbocycles. The van der Waals surface area contributed by atoms with Crippen molar-refractivity contribution in [1.82, 2.24) is 14.5 Å². The molecule has 6 nitrogen and oxygen atoms in total. The van der Waals surface area contributed by atoms with Crippen LogP contribution in [0.3, 0.4) is 0 Å². The number of benzene rings is 2. The van der Waals surface area contributed by atoms with E-state index in [1.807, 2.05) is 0 Å². The van der Waals surface area contributed by atoms with Crippen molar-refractivity contribution in [3.63, 3.8) is 0 Å². The molecule has 2 aromatic heterocycles. The highest BCUT2D eigenvalue weighted by molar-refractivity contribution is 6.06. The van der Waals surface area contributed by atoms with Gasteiger partial charge in [0.2, 0.25) is 5.82 Å². The largest absolute Gasteiger partial charge is 0.449 e. The van der Waals surface area contributed by atoms with Crippen molar-refractivity contribution in [2.24, 2.45) is 0 Å². The van der Waals surface area contributed by atoms with Gasteiger partial charge in [-0.2, -0.15) is 13.2 Å². The van der Waals surface area contributed by atoms with E-state index in [1.54, 1.807) is 39.0 Å². The van der Waals surface area contributed by atoms with Gasteiger partial charge in [0, 0.05) is 30.3 Å². The van der Waals surface area contributed by atoms with Crippen LogP contribution in [0, 0.1) is 6.92 Å². The average Bonchev–Trinajstić information content (AvgIpc) is 3.19. The zero-order valence-electron chi connectivity index (χ0n) is 15.8. The number of hydrogen-bond acceptors (Lipinski definition) is 4. The zero-order valence-corrected chi connectivity index (χ0v) is 15.8. The van der Waals surface area contributed by atoms with E-state index in [1.165, 1.54) is 18.2 Å². The molecule has 4 rings (SSSR count). The van der Waals surface area contributed by atoms with E-state index >= 15 is 0 Å². The maximum Gasteiger partial charge on any atom is 0.449 e. The lowest BCUT2D eigenvalue weighted by molar-refractivity contribution is -0.147. The van der Waals surface area contributed by atoms with Gasteiger partial charge in [-0.1, -0.05) is 0 Å². The number of nitrogens with zero attached hydrogens (tertiary/aromatic N) is 3. The second-order valence-electron chi connectivity index (χ2n) is 6.97. The third-order valence-electron chi connectivity index (χ3n) is 4.47. The zero-order chi connectivity index (χ0) is 20.9. The Balaban J connectivity index is 1.68. The molecule has 0 aliphatic rings. The lowest BCUT2D eigenvalue weighted by Gasteiger charge is -2.14. The third kappa shape index (κ3) is 3.43. The number of aromatic nitrogens is 3. The van der Waals surface area contributed by atoms with Crippen molar-refractivity contribution < 1.29 is 22.4 Å². The van der Waals surface area contributed by atoms with Crippen LogP contribution < -0.4 is 5.32 Å². The van der Waals surface area contributed by atoms with E-state index in [4.69, 9.17) is 4.42 Å². The molecule has 0 radical (unpaired) electrons. The molecule has 2 aromatic carbocycles. The van der Waals surface area contributed by atoms with Gasteiger partial charge in [0.1, 0.15) is 5.52 Å². The first-order chi connectivity index (χ1) is 13.6. The van der Waals surface area contributed by atoms with Gasteiger partial charge in [0.05, 0.1) is 11.0 Å². The molecule has 1 N–H and O–H groups in total. The van der Waals surface area contributed by atoms with Crippen LogP contribution in [0.25, 0.3) is 22.1 Å². The summed E-state index contributed by atoms with van der Waals surface area (Å²) in [4.78, 5) is 20.5. The highest BCUT2D eigenvalue weighted by Gasteiger charge is 2.38. The second-order valence-corrected chi connectivity index (χ2v) is 6.97. The molecule has 0 atom stereocenters. The highest BCUT2D eigenvalue weighted by atomic mass is 19.4. The number of halogens is 3. The molecule has 4 aromatic rings. The molecule has 9 heteroatoms. The Morgan fingerprint density at radius 1 is 1.10 bits per heavy atom. The summed E-state index contributed by atoms with van der Waals surface area (Å²) in [5.41, 5.74) is 2.32. The first-order valence-corrected chi connectivity index (χ1v) is 8.91. The monoisotopic (exact) mass is 402 g/mol. The van der Waals surface area contributed by atoms with Crippen LogP contribution in [-0.2, 0) is 6.18 Å². The summed E-state index contributed by atoms with van der Waals surface area (Å²) < 4.78 is 46.6. The van der Waals surface area contributed by atoms with Crippen LogP contribution in [0.2, 0.25) is 0 Å². The van der Waals surface area contributed by atoms with Gasteiger partial charge in [-0.15, -0.1) is 0 Å². The molecule has 0 unspecified atom stereocenters. The number of fused-ring (bicyclic) bond motifs is 2. The van der Waals surface area contributed by atoms with Crippen LogP contribution in [0.15, 0.2) is 40.8 Å². The Labute approximate surface area is 163 Å². The minimum absolute atomic E-state index is 0.111. The molecule has 29 heavy (non-hydrogen) atoms.